The number of allylic oxidation sites excluding steroid dienone is 1. The number of ether oxygens (including phenoxy) is 1. The van der Waals surface area contributed by atoms with Crippen LogP contribution in [0, 0.1) is 29.1 Å². The van der Waals surface area contributed by atoms with Gasteiger partial charge in [0, 0.05) is 37.4 Å². The SMILES string of the molecule is CC(C)(C)OC(=O)N1CCN(c2cc(C(F)(F)F)ccc2C2=CCc3cc(S(=O)(=O)Oc4c(F)c(F)c(F)c(F)c4F)ccc32)CC1. The predicted octanol–water partition coefficient (Wildman–Crippen LogP) is 7.21. The molecule has 3 aromatic rings. The Labute approximate surface area is 264 Å². The monoisotopic (exact) mass is 690 g/mol. The van der Waals surface area contributed by atoms with Crippen molar-refractivity contribution in [2.45, 2.75) is 43.9 Å². The molecule has 0 N–H and O–H groups in total. The van der Waals surface area contributed by atoms with Crippen molar-refractivity contribution < 1.29 is 57.3 Å². The molecule has 252 valence electrons. The maximum absolute atomic E-state index is 14.1. The van der Waals surface area contributed by atoms with Gasteiger partial charge >= 0.3 is 22.4 Å². The first-order chi connectivity index (χ1) is 21.8. The van der Waals surface area contributed by atoms with E-state index >= 15 is 0 Å². The second-order valence-corrected chi connectivity index (χ2v) is 13.3. The number of anilines is 1. The lowest BCUT2D eigenvalue weighted by Crippen LogP contribution is -2.50. The molecule has 0 aromatic heterocycles. The highest BCUT2D eigenvalue weighted by Crippen LogP contribution is 2.42. The predicted molar refractivity (Wildman–Crippen MR) is 153 cm³/mol. The van der Waals surface area contributed by atoms with Crippen LogP contribution in [-0.4, -0.2) is 51.2 Å². The number of rotatable bonds is 5. The number of fused-ring (bicyclic) bond motifs is 1. The molecule has 1 heterocycles. The summed E-state index contributed by atoms with van der Waals surface area (Å²) in [5, 5.41) is 0. The van der Waals surface area contributed by atoms with Crippen LogP contribution in [0.3, 0.4) is 0 Å². The molecule has 2 aliphatic rings. The van der Waals surface area contributed by atoms with E-state index in [1.165, 1.54) is 17.0 Å². The number of benzene rings is 3. The fraction of sp³-hybridized carbons (Fsp3) is 0.323. The first-order valence-corrected chi connectivity index (χ1v) is 15.4. The molecule has 1 fully saturated rings. The van der Waals surface area contributed by atoms with Gasteiger partial charge in [-0.05, 0) is 68.2 Å². The van der Waals surface area contributed by atoms with Crippen molar-refractivity contribution >= 4 is 27.5 Å². The summed E-state index contributed by atoms with van der Waals surface area (Å²) in [6, 6.07) is 6.53. The minimum atomic E-state index is -5.11. The summed E-state index contributed by atoms with van der Waals surface area (Å²) < 4.78 is 146. The van der Waals surface area contributed by atoms with Crippen molar-refractivity contribution in [3.63, 3.8) is 0 Å². The van der Waals surface area contributed by atoms with Gasteiger partial charge in [0.1, 0.15) is 10.5 Å². The number of halogens is 8. The zero-order chi connectivity index (χ0) is 34.6. The van der Waals surface area contributed by atoms with E-state index in [1.807, 2.05) is 0 Å². The summed E-state index contributed by atoms with van der Waals surface area (Å²) in [5.41, 5.74) is 0.180. The van der Waals surface area contributed by atoms with Crippen molar-refractivity contribution in [1.29, 1.82) is 0 Å². The fourth-order valence-electron chi connectivity index (χ4n) is 5.20. The van der Waals surface area contributed by atoms with Crippen LogP contribution in [0.15, 0.2) is 47.4 Å². The first kappa shape index (κ1) is 34.0. The largest absolute Gasteiger partial charge is 0.444 e. The summed E-state index contributed by atoms with van der Waals surface area (Å²) in [7, 11) is -5.11. The molecule has 0 bridgehead atoms. The van der Waals surface area contributed by atoms with Crippen molar-refractivity contribution in [2.24, 2.45) is 0 Å². The second-order valence-electron chi connectivity index (χ2n) is 11.8. The molecule has 0 saturated carbocycles. The number of carbonyl (C=O) groups excluding carboxylic acids is 1. The zero-order valence-electron chi connectivity index (χ0n) is 24.9. The van der Waals surface area contributed by atoms with E-state index in [2.05, 4.69) is 4.18 Å². The quantitative estimate of drug-likeness (QED) is 0.122. The third-order valence-electron chi connectivity index (χ3n) is 7.43. The molecule has 3 aromatic carbocycles. The molecule has 1 aliphatic carbocycles. The van der Waals surface area contributed by atoms with Gasteiger partial charge < -0.3 is 18.7 Å². The van der Waals surface area contributed by atoms with Gasteiger partial charge in [-0.25, -0.2) is 18.0 Å². The molecule has 1 saturated heterocycles. The lowest BCUT2D eigenvalue weighted by molar-refractivity contribution is -0.137. The lowest BCUT2D eigenvalue weighted by Gasteiger charge is -2.38. The van der Waals surface area contributed by atoms with Gasteiger partial charge in [-0.15, -0.1) is 0 Å². The molecular weight excluding hydrogens is 664 g/mol. The van der Waals surface area contributed by atoms with Crippen LogP contribution in [0.25, 0.3) is 5.57 Å². The van der Waals surface area contributed by atoms with Gasteiger partial charge in [-0.2, -0.15) is 30.4 Å². The minimum Gasteiger partial charge on any atom is -0.444 e. The van der Waals surface area contributed by atoms with Crippen LogP contribution >= 0.6 is 0 Å². The van der Waals surface area contributed by atoms with Crippen LogP contribution in [0.4, 0.5) is 45.6 Å². The molecule has 16 heteroatoms. The fourth-order valence-corrected chi connectivity index (χ4v) is 6.19. The molecule has 1 aliphatic heterocycles. The molecule has 0 unspecified atom stereocenters. The normalized spacial score (nSPS) is 15.4. The molecule has 1 amide bonds. The molecule has 7 nitrogen and oxygen atoms in total. The van der Waals surface area contributed by atoms with Crippen LogP contribution in [0.1, 0.15) is 43.0 Å². The van der Waals surface area contributed by atoms with E-state index < -0.39 is 73.3 Å². The van der Waals surface area contributed by atoms with Crippen molar-refractivity contribution in [1.82, 2.24) is 4.90 Å². The topological polar surface area (TPSA) is 76.2 Å². The molecule has 0 radical (unpaired) electrons. The van der Waals surface area contributed by atoms with Gasteiger partial charge in [-0.1, -0.05) is 18.2 Å². The number of nitrogens with zero attached hydrogens (tertiary/aromatic N) is 2. The molecule has 47 heavy (non-hydrogen) atoms. The standard InChI is InChI=1S/C31H26F8N2O5S/c1-30(2,3)45-29(42)41-12-10-40(11-13-41)22-15-17(31(37,38)39)5-8-21(22)20-7-4-16-14-18(6-9-19(16)20)47(43,44)46-28-26(35)24(33)23(32)25(34)27(28)36/h5-9,14-15H,4,10-13H2,1-3H3. The highest BCUT2D eigenvalue weighted by Gasteiger charge is 2.35. The lowest BCUT2D eigenvalue weighted by atomic mass is 9.95. The maximum atomic E-state index is 14.1. The number of hydrogen-bond donors (Lipinski definition) is 0. The van der Waals surface area contributed by atoms with Gasteiger partial charge in [-0.3, -0.25) is 0 Å². The summed E-state index contributed by atoms with van der Waals surface area (Å²) in [6.07, 6.45) is -3.48. The third-order valence-corrected chi connectivity index (χ3v) is 8.65. The highest BCUT2D eigenvalue weighted by molar-refractivity contribution is 7.87. The van der Waals surface area contributed by atoms with Crippen molar-refractivity contribution in [3.8, 4) is 5.75 Å². The first-order valence-electron chi connectivity index (χ1n) is 14.0. The van der Waals surface area contributed by atoms with Crippen LogP contribution < -0.4 is 9.08 Å². The second kappa shape index (κ2) is 12.0. The number of piperazine rings is 1. The van der Waals surface area contributed by atoms with E-state index in [4.69, 9.17) is 4.74 Å². The zero-order valence-corrected chi connectivity index (χ0v) is 25.8. The van der Waals surface area contributed by atoms with Crippen molar-refractivity contribution in [2.75, 3.05) is 31.1 Å². The highest BCUT2D eigenvalue weighted by atomic mass is 32.2. The average molecular weight is 691 g/mol. The summed E-state index contributed by atoms with van der Waals surface area (Å²) in [5.74, 6) is -14.2. The Morgan fingerprint density at radius 2 is 1.36 bits per heavy atom. The summed E-state index contributed by atoms with van der Waals surface area (Å²) in [4.78, 5) is 15.0. The Balaban J connectivity index is 1.44. The average Bonchev–Trinajstić information content (AvgIpc) is 3.43. The third kappa shape index (κ3) is 6.73. The molecule has 0 spiro atoms. The van der Waals surface area contributed by atoms with E-state index in [1.54, 1.807) is 31.7 Å². The number of amides is 1. The van der Waals surface area contributed by atoms with Gasteiger partial charge in [0.05, 0.1) is 5.56 Å². The maximum Gasteiger partial charge on any atom is 0.416 e. The Morgan fingerprint density at radius 3 is 1.94 bits per heavy atom. The molecule has 0 atom stereocenters. The van der Waals surface area contributed by atoms with Gasteiger partial charge in [0.2, 0.25) is 34.8 Å². The Hall–Kier alpha value is -4.34. The van der Waals surface area contributed by atoms with E-state index in [0.29, 0.717) is 22.3 Å². The van der Waals surface area contributed by atoms with Gasteiger partial charge in [0.25, 0.3) is 0 Å². The van der Waals surface area contributed by atoms with E-state index in [-0.39, 0.29) is 38.3 Å². The van der Waals surface area contributed by atoms with Crippen LogP contribution in [0.5, 0.6) is 5.75 Å². The van der Waals surface area contributed by atoms with Crippen LogP contribution in [-0.2, 0) is 27.5 Å². The summed E-state index contributed by atoms with van der Waals surface area (Å²) >= 11 is 0. The van der Waals surface area contributed by atoms with E-state index in [0.717, 1.165) is 24.3 Å². The Bertz CT molecular complexity index is 1870. The Morgan fingerprint density at radius 1 is 0.787 bits per heavy atom. The van der Waals surface area contributed by atoms with Crippen molar-refractivity contribution in [3.05, 3.63) is 93.8 Å². The Kier molecular flexibility index (Phi) is 8.71. The molecule has 5 rings (SSSR count). The number of carbonyl (C=O) groups is 1. The number of hydrogen-bond acceptors (Lipinski definition) is 6. The number of alkyl halides is 3. The summed E-state index contributed by atoms with van der Waals surface area (Å²) in [6.45, 7) is 5.83. The van der Waals surface area contributed by atoms with Crippen LogP contribution in [0.2, 0.25) is 0 Å². The van der Waals surface area contributed by atoms with Gasteiger partial charge in [0.15, 0.2) is 0 Å². The minimum absolute atomic E-state index is 0.0867. The van der Waals surface area contributed by atoms with E-state index in [9.17, 15) is 48.3 Å². The smallest absolute Gasteiger partial charge is 0.416 e. The molecular formula is C31H26F8N2O5S.